The highest BCUT2D eigenvalue weighted by molar-refractivity contribution is 7.99. The Hall–Kier alpha value is -3.11. The van der Waals surface area contributed by atoms with E-state index in [-0.39, 0.29) is 49.6 Å². The monoisotopic (exact) mass is 570 g/mol. The lowest BCUT2D eigenvalue weighted by Gasteiger charge is -2.23. The minimum atomic E-state index is -0.794. The second-order valence-electron chi connectivity index (χ2n) is 9.41. The van der Waals surface area contributed by atoms with E-state index in [4.69, 9.17) is 0 Å². The van der Waals surface area contributed by atoms with Crippen molar-refractivity contribution in [2.24, 2.45) is 0 Å². The van der Waals surface area contributed by atoms with E-state index in [0.29, 0.717) is 25.8 Å². The van der Waals surface area contributed by atoms with Crippen molar-refractivity contribution in [2.45, 2.75) is 42.7 Å². The van der Waals surface area contributed by atoms with Gasteiger partial charge in [0.2, 0.25) is 17.7 Å². The largest absolute Gasteiger partial charge is 1.00 e. The first-order valence-corrected chi connectivity index (χ1v) is 14.0. The van der Waals surface area contributed by atoms with E-state index in [1.54, 1.807) is 16.7 Å². The second kappa shape index (κ2) is 14.9. The molecule has 3 aromatic rings. The quantitative estimate of drug-likeness (QED) is 0.233. The van der Waals surface area contributed by atoms with Gasteiger partial charge >= 0.3 is 0 Å². The number of carbonyl (C=O) groups is 3. The van der Waals surface area contributed by atoms with Crippen LogP contribution in [0.25, 0.3) is 10.8 Å². The second-order valence-corrected chi connectivity index (χ2v) is 10.5. The van der Waals surface area contributed by atoms with Gasteiger partial charge in [-0.1, -0.05) is 54.6 Å². The molecule has 0 saturated heterocycles. The Kier molecular flexibility index (Phi) is 11.6. The molecule has 1 aliphatic heterocycles. The topological polar surface area (TPSA) is 126 Å². The number of hydrogen-bond acceptors (Lipinski definition) is 5. The molecule has 4 rings (SSSR count). The summed E-state index contributed by atoms with van der Waals surface area (Å²) in [5, 5.41) is 17.6. The molecule has 0 bridgehead atoms. The van der Waals surface area contributed by atoms with E-state index in [0.717, 1.165) is 32.7 Å². The number of nitrogens with one attached hydrogen (secondary N) is 2. The van der Waals surface area contributed by atoms with Gasteiger partial charge in [0.15, 0.2) is 0 Å². The molecule has 1 unspecified atom stereocenters. The van der Waals surface area contributed by atoms with Crippen LogP contribution in [-0.4, -0.2) is 60.4 Å². The van der Waals surface area contributed by atoms with Crippen molar-refractivity contribution in [3.05, 3.63) is 72.3 Å². The van der Waals surface area contributed by atoms with Gasteiger partial charge in [-0.2, -0.15) is 0 Å². The Morgan fingerprint density at radius 2 is 1.79 bits per heavy atom. The molecule has 2 atom stereocenters. The van der Waals surface area contributed by atoms with Crippen LogP contribution in [0.2, 0.25) is 0 Å². The Balaban J connectivity index is 0.00000420. The standard InChI is InChI=1S/C29H34N4O4S.ClH/c30-18-23(34)19-31-29(37)24(17-20-11-12-21-6-1-2-7-22(21)16-20)32-27(35)10-5-14-33-25-8-3-4-9-26(25)38-15-13-28(33)36;/h1-4,6-9,11-12,16,23-24,34H,5,10,13-15,17-19,30H2,(H,31,37)(H,32,35);1H/t23?,24-;/m1./s1. The van der Waals surface area contributed by atoms with E-state index in [1.807, 2.05) is 66.7 Å². The molecule has 8 nitrogen and oxygen atoms in total. The van der Waals surface area contributed by atoms with Crippen LogP contribution in [0.1, 0.15) is 24.8 Å². The number of rotatable bonds is 11. The van der Waals surface area contributed by atoms with Crippen molar-refractivity contribution in [3.63, 3.8) is 0 Å². The maximum absolute atomic E-state index is 13.0. The number of thioether (sulfide) groups is 1. The lowest BCUT2D eigenvalue weighted by Crippen LogP contribution is -3.00. The summed E-state index contributed by atoms with van der Waals surface area (Å²) in [7, 11) is 0. The molecule has 1 aliphatic rings. The molecule has 0 aliphatic carbocycles. The van der Waals surface area contributed by atoms with Crippen LogP contribution < -0.4 is 33.7 Å². The first-order valence-electron chi connectivity index (χ1n) is 13.0. The van der Waals surface area contributed by atoms with Crippen molar-refractivity contribution >= 4 is 45.9 Å². The fraction of sp³-hybridized carbons (Fsp3) is 0.345. The van der Waals surface area contributed by atoms with Gasteiger partial charge in [0.05, 0.1) is 5.69 Å². The summed E-state index contributed by atoms with van der Waals surface area (Å²) in [5.74, 6) is 0.183. The number of aliphatic hydroxyl groups is 1. The molecule has 39 heavy (non-hydrogen) atoms. The van der Waals surface area contributed by atoms with Gasteiger partial charge in [-0.25, -0.2) is 0 Å². The smallest absolute Gasteiger partial charge is 0.243 e. The average Bonchev–Trinajstić information content (AvgIpc) is 3.09. The molecular weight excluding hydrogens is 536 g/mol. The maximum atomic E-state index is 13.0. The first kappa shape index (κ1) is 30.4. The summed E-state index contributed by atoms with van der Waals surface area (Å²) in [6, 6.07) is 21.0. The van der Waals surface area contributed by atoms with Crippen LogP contribution in [0.4, 0.5) is 5.69 Å². The fourth-order valence-corrected chi connectivity index (χ4v) is 5.48. The number of anilines is 1. The first-order chi connectivity index (χ1) is 18.4. The van der Waals surface area contributed by atoms with Gasteiger partial charge in [-0.15, -0.1) is 11.8 Å². The summed E-state index contributed by atoms with van der Waals surface area (Å²) in [4.78, 5) is 41.5. The van der Waals surface area contributed by atoms with Crippen LogP contribution in [0.3, 0.4) is 0 Å². The molecule has 0 aromatic heterocycles. The maximum Gasteiger partial charge on any atom is 0.243 e. The summed E-state index contributed by atoms with van der Waals surface area (Å²) < 4.78 is 0. The zero-order valence-corrected chi connectivity index (χ0v) is 23.3. The Bertz CT molecular complexity index is 1290. The fourth-order valence-electron chi connectivity index (χ4n) is 4.48. The van der Waals surface area contributed by atoms with Crippen LogP contribution in [0.5, 0.6) is 0 Å². The van der Waals surface area contributed by atoms with E-state index >= 15 is 0 Å². The van der Waals surface area contributed by atoms with Gasteiger partial charge in [-0.3, -0.25) is 14.4 Å². The minimum absolute atomic E-state index is 0. The minimum Gasteiger partial charge on any atom is -1.00 e. The van der Waals surface area contributed by atoms with Crippen molar-refractivity contribution in [3.8, 4) is 0 Å². The lowest BCUT2D eigenvalue weighted by atomic mass is 10.0. The molecule has 10 heteroatoms. The zero-order valence-electron chi connectivity index (χ0n) is 21.8. The van der Waals surface area contributed by atoms with Crippen molar-refractivity contribution in [2.75, 3.05) is 30.3 Å². The predicted molar refractivity (Wildman–Crippen MR) is 150 cm³/mol. The molecule has 3 aromatic carbocycles. The Labute approximate surface area is 239 Å². The number of benzene rings is 3. The molecule has 0 fully saturated rings. The van der Waals surface area contributed by atoms with Crippen LogP contribution in [-0.2, 0) is 20.8 Å². The molecule has 0 saturated carbocycles. The van der Waals surface area contributed by atoms with Crippen molar-refractivity contribution < 1.29 is 37.6 Å². The van der Waals surface area contributed by atoms with Crippen LogP contribution >= 0.6 is 11.8 Å². The number of halogens is 1. The normalized spacial score (nSPS) is 14.5. The predicted octanol–water partition coefficient (Wildman–Crippen LogP) is -1.10. The highest BCUT2D eigenvalue weighted by atomic mass is 35.5. The molecule has 0 spiro atoms. The third kappa shape index (κ3) is 8.44. The number of nitrogens with zero attached hydrogens (tertiary/aromatic N) is 1. The summed E-state index contributed by atoms with van der Waals surface area (Å²) >= 11 is 1.67. The van der Waals surface area contributed by atoms with E-state index < -0.39 is 12.1 Å². The van der Waals surface area contributed by atoms with E-state index in [9.17, 15) is 19.5 Å². The lowest BCUT2D eigenvalue weighted by molar-refractivity contribution is -0.383. The Morgan fingerprint density at radius 1 is 1.05 bits per heavy atom. The third-order valence-electron chi connectivity index (χ3n) is 6.57. The summed E-state index contributed by atoms with van der Waals surface area (Å²) in [5.41, 5.74) is 5.46. The highest BCUT2D eigenvalue weighted by Crippen LogP contribution is 2.34. The molecule has 0 radical (unpaired) electrons. The SMILES string of the molecule is [Cl-].[NH3+]CC(O)CNC(=O)[C@@H](Cc1ccc2ccccc2c1)NC(=O)CCCN1C(=O)CCSc2ccccc21. The number of hydrogen-bond donors (Lipinski definition) is 4. The average molecular weight is 571 g/mol. The molecule has 6 N–H and O–H groups in total. The van der Waals surface area contributed by atoms with Gasteiger partial charge in [-0.05, 0) is 34.9 Å². The van der Waals surface area contributed by atoms with Gasteiger partial charge < -0.3 is 38.8 Å². The highest BCUT2D eigenvalue weighted by Gasteiger charge is 2.24. The van der Waals surface area contributed by atoms with Crippen molar-refractivity contribution in [1.82, 2.24) is 10.6 Å². The van der Waals surface area contributed by atoms with Gasteiger partial charge in [0.25, 0.3) is 0 Å². The van der Waals surface area contributed by atoms with E-state index in [2.05, 4.69) is 16.4 Å². The van der Waals surface area contributed by atoms with Crippen molar-refractivity contribution in [1.29, 1.82) is 0 Å². The summed E-state index contributed by atoms with van der Waals surface area (Å²) in [6.07, 6.45) is 0.683. The number of para-hydroxylation sites is 1. The number of aliphatic hydroxyl groups excluding tert-OH is 1. The van der Waals surface area contributed by atoms with E-state index in [1.165, 1.54) is 0 Å². The number of quaternary nitrogens is 1. The number of fused-ring (bicyclic) bond motifs is 2. The third-order valence-corrected chi connectivity index (χ3v) is 7.63. The molecule has 208 valence electrons. The van der Waals surface area contributed by atoms with Crippen LogP contribution in [0, 0.1) is 0 Å². The number of carbonyl (C=O) groups excluding carboxylic acids is 3. The van der Waals surface area contributed by atoms with Gasteiger partial charge in [0, 0.05) is 43.0 Å². The molecule has 1 heterocycles. The zero-order chi connectivity index (χ0) is 26.9. The Morgan fingerprint density at radius 3 is 2.59 bits per heavy atom. The summed E-state index contributed by atoms with van der Waals surface area (Å²) in [6.45, 7) is 0.779. The van der Waals surface area contributed by atoms with Crippen LogP contribution in [0.15, 0.2) is 71.6 Å². The molecule has 3 amide bonds. The van der Waals surface area contributed by atoms with Gasteiger partial charge in [0.1, 0.15) is 18.7 Å². The molecular formula is C29H35ClN4O4S. The number of amides is 3.